The first kappa shape index (κ1) is 17.7. The molecule has 3 rings (SSSR count). The lowest BCUT2D eigenvalue weighted by Crippen LogP contribution is -2.37. The van der Waals surface area contributed by atoms with E-state index in [2.05, 4.69) is 9.88 Å². The molecule has 1 fully saturated rings. The molecule has 0 amide bonds. The lowest BCUT2D eigenvalue weighted by molar-refractivity contribution is -0.141. The summed E-state index contributed by atoms with van der Waals surface area (Å²) in [7, 11) is 0. The summed E-state index contributed by atoms with van der Waals surface area (Å²) in [6.45, 7) is 2.16. The van der Waals surface area contributed by atoms with Crippen molar-refractivity contribution < 1.29 is 18.3 Å². The Morgan fingerprint density at radius 1 is 1.20 bits per heavy atom. The predicted octanol–water partition coefficient (Wildman–Crippen LogP) is 3.31. The number of aromatic nitrogens is 1. The molecular formula is C18H20F3N3O. The summed E-state index contributed by atoms with van der Waals surface area (Å²) in [5.74, 6) is 0. The minimum Gasteiger partial charge on any atom is -0.399 e. The van der Waals surface area contributed by atoms with Crippen LogP contribution >= 0.6 is 0 Å². The average molecular weight is 351 g/mol. The van der Waals surface area contributed by atoms with Gasteiger partial charge < -0.3 is 10.8 Å². The van der Waals surface area contributed by atoms with Crippen molar-refractivity contribution in [3.8, 4) is 11.1 Å². The fourth-order valence-electron chi connectivity index (χ4n) is 3.14. The number of aliphatic hydroxyl groups excluding tert-OH is 1. The fraction of sp³-hybridized carbons (Fsp3) is 0.389. The van der Waals surface area contributed by atoms with E-state index in [0.717, 1.165) is 36.6 Å². The first-order chi connectivity index (χ1) is 11.8. The second-order valence-electron chi connectivity index (χ2n) is 6.42. The van der Waals surface area contributed by atoms with Gasteiger partial charge in [-0.05, 0) is 54.8 Å². The van der Waals surface area contributed by atoms with Crippen LogP contribution in [0.2, 0.25) is 0 Å². The Balaban J connectivity index is 1.81. The molecule has 2 aromatic rings. The Morgan fingerprint density at radius 3 is 2.64 bits per heavy atom. The van der Waals surface area contributed by atoms with Crippen LogP contribution in [0.25, 0.3) is 11.1 Å². The van der Waals surface area contributed by atoms with Gasteiger partial charge in [0.25, 0.3) is 0 Å². The van der Waals surface area contributed by atoms with E-state index >= 15 is 0 Å². The van der Waals surface area contributed by atoms with Gasteiger partial charge in [0.1, 0.15) is 5.69 Å². The standard InChI is InChI=1S/C18H20F3N3O/c19-18(20,21)17-4-3-13(9-23-17)14-6-12(7-15(22)8-14)10-24-5-1-2-16(25)11-24/h3-4,6-9,16,25H,1-2,5,10-11,22H2. The van der Waals surface area contributed by atoms with E-state index in [0.29, 0.717) is 24.3 Å². The van der Waals surface area contributed by atoms with Crippen molar-refractivity contribution in [3.63, 3.8) is 0 Å². The normalized spacial score (nSPS) is 19.1. The van der Waals surface area contributed by atoms with Crippen LogP contribution in [0.4, 0.5) is 18.9 Å². The number of hydrogen-bond acceptors (Lipinski definition) is 4. The summed E-state index contributed by atoms with van der Waals surface area (Å²) in [5.41, 5.74) is 7.87. The van der Waals surface area contributed by atoms with Gasteiger partial charge in [0.15, 0.2) is 0 Å². The number of alkyl halides is 3. The topological polar surface area (TPSA) is 62.4 Å². The monoisotopic (exact) mass is 351 g/mol. The number of aliphatic hydroxyl groups is 1. The minimum absolute atomic E-state index is 0.312. The number of β-amino-alcohol motifs (C(OH)–C–C–N with tert-alkyl or cyclic N) is 1. The van der Waals surface area contributed by atoms with Gasteiger partial charge in [-0.3, -0.25) is 9.88 Å². The minimum atomic E-state index is -4.45. The van der Waals surface area contributed by atoms with Crippen molar-refractivity contribution in [2.24, 2.45) is 0 Å². The Labute approximate surface area is 144 Å². The van der Waals surface area contributed by atoms with E-state index in [9.17, 15) is 18.3 Å². The highest BCUT2D eigenvalue weighted by Crippen LogP contribution is 2.30. The van der Waals surface area contributed by atoms with Gasteiger partial charge in [0.05, 0.1) is 6.10 Å². The average Bonchev–Trinajstić information content (AvgIpc) is 2.53. The molecule has 1 aromatic carbocycles. The number of rotatable bonds is 3. The highest BCUT2D eigenvalue weighted by Gasteiger charge is 2.32. The van der Waals surface area contributed by atoms with Crippen molar-refractivity contribution in [1.29, 1.82) is 0 Å². The second-order valence-corrected chi connectivity index (χ2v) is 6.42. The quantitative estimate of drug-likeness (QED) is 0.833. The zero-order chi connectivity index (χ0) is 18.0. The van der Waals surface area contributed by atoms with Crippen molar-refractivity contribution in [2.75, 3.05) is 18.8 Å². The van der Waals surface area contributed by atoms with E-state index in [1.54, 1.807) is 6.07 Å². The number of halogens is 3. The van der Waals surface area contributed by atoms with E-state index in [4.69, 9.17) is 5.73 Å². The van der Waals surface area contributed by atoms with Crippen LogP contribution in [0.15, 0.2) is 36.5 Å². The predicted molar refractivity (Wildman–Crippen MR) is 89.6 cm³/mol. The van der Waals surface area contributed by atoms with Gasteiger partial charge in [0.2, 0.25) is 0 Å². The van der Waals surface area contributed by atoms with E-state index in [1.807, 2.05) is 12.1 Å². The lowest BCUT2D eigenvalue weighted by Gasteiger charge is -2.30. The smallest absolute Gasteiger partial charge is 0.399 e. The van der Waals surface area contributed by atoms with E-state index < -0.39 is 11.9 Å². The molecule has 1 saturated heterocycles. The van der Waals surface area contributed by atoms with Crippen LogP contribution in [0.1, 0.15) is 24.1 Å². The highest BCUT2D eigenvalue weighted by atomic mass is 19.4. The maximum Gasteiger partial charge on any atom is 0.433 e. The van der Waals surface area contributed by atoms with Gasteiger partial charge in [-0.2, -0.15) is 13.2 Å². The van der Waals surface area contributed by atoms with Crippen molar-refractivity contribution >= 4 is 5.69 Å². The Morgan fingerprint density at radius 2 is 2.00 bits per heavy atom. The Hall–Kier alpha value is -2.12. The summed E-state index contributed by atoms with van der Waals surface area (Å²) in [6.07, 6.45) is -1.79. The Bertz CT molecular complexity index is 731. The lowest BCUT2D eigenvalue weighted by atomic mass is 10.0. The first-order valence-electron chi connectivity index (χ1n) is 8.15. The molecule has 0 spiro atoms. The number of piperidine rings is 1. The molecule has 7 heteroatoms. The maximum absolute atomic E-state index is 12.6. The maximum atomic E-state index is 12.6. The molecule has 134 valence electrons. The second kappa shape index (κ2) is 7.01. The van der Waals surface area contributed by atoms with Crippen LogP contribution in [-0.2, 0) is 12.7 Å². The molecule has 1 unspecified atom stereocenters. The van der Waals surface area contributed by atoms with Crippen molar-refractivity contribution in [1.82, 2.24) is 9.88 Å². The molecule has 1 aliphatic rings. The molecule has 0 aliphatic carbocycles. The van der Waals surface area contributed by atoms with Crippen LogP contribution in [0, 0.1) is 0 Å². The van der Waals surface area contributed by atoms with E-state index in [-0.39, 0.29) is 6.10 Å². The van der Waals surface area contributed by atoms with Gasteiger partial charge in [0, 0.05) is 30.5 Å². The summed E-state index contributed by atoms with van der Waals surface area (Å²) in [4.78, 5) is 5.65. The van der Waals surface area contributed by atoms with Crippen LogP contribution in [0.5, 0.6) is 0 Å². The number of anilines is 1. The molecule has 0 radical (unpaired) electrons. The number of pyridine rings is 1. The molecular weight excluding hydrogens is 331 g/mol. The van der Waals surface area contributed by atoms with Crippen molar-refractivity contribution in [2.45, 2.75) is 31.7 Å². The van der Waals surface area contributed by atoms with Gasteiger partial charge in [-0.1, -0.05) is 6.07 Å². The molecule has 1 aliphatic heterocycles. The molecule has 3 N–H and O–H groups in total. The number of nitrogen functional groups attached to an aromatic ring is 1. The zero-order valence-corrected chi connectivity index (χ0v) is 13.6. The number of nitrogens with two attached hydrogens (primary N) is 1. The fourth-order valence-corrected chi connectivity index (χ4v) is 3.14. The summed E-state index contributed by atoms with van der Waals surface area (Å²) in [6, 6.07) is 7.85. The molecule has 1 aromatic heterocycles. The third-order valence-corrected chi connectivity index (χ3v) is 4.29. The van der Waals surface area contributed by atoms with Gasteiger partial charge in [-0.15, -0.1) is 0 Å². The SMILES string of the molecule is Nc1cc(CN2CCCC(O)C2)cc(-c2ccc(C(F)(F)F)nc2)c1. The molecule has 0 saturated carbocycles. The Kier molecular flexibility index (Phi) is 4.96. The largest absolute Gasteiger partial charge is 0.433 e. The van der Waals surface area contributed by atoms with E-state index in [1.165, 1.54) is 12.3 Å². The number of nitrogens with zero attached hydrogens (tertiary/aromatic N) is 2. The number of hydrogen-bond donors (Lipinski definition) is 2. The third kappa shape index (κ3) is 4.49. The summed E-state index contributed by atoms with van der Waals surface area (Å²) < 4.78 is 37.9. The molecule has 0 bridgehead atoms. The van der Waals surface area contributed by atoms with Crippen LogP contribution < -0.4 is 5.73 Å². The number of likely N-dealkylation sites (tertiary alicyclic amines) is 1. The van der Waals surface area contributed by atoms with Crippen molar-refractivity contribution in [3.05, 3.63) is 47.8 Å². The summed E-state index contributed by atoms with van der Waals surface area (Å²) >= 11 is 0. The molecule has 2 heterocycles. The van der Waals surface area contributed by atoms with Gasteiger partial charge in [-0.25, -0.2) is 0 Å². The molecule has 25 heavy (non-hydrogen) atoms. The molecule has 4 nitrogen and oxygen atoms in total. The first-order valence-corrected chi connectivity index (χ1v) is 8.15. The third-order valence-electron chi connectivity index (χ3n) is 4.29. The van der Waals surface area contributed by atoms with Crippen LogP contribution in [-0.4, -0.2) is 34.2 Å². The van der Waals surface area contributed by atoms with Gasteiger partial charge >= 0.3 is 6.18 Å². The van der Waals surface area contributed by atoms with Crippen LogP contribution in [0.3, 0.4) is 0 Å². The summed E-state index contributed by atoms with van der Waals surface area (Å²) in [5, 5.41) is 9.77. The highest BCUT2D eigenvalue weighted by molar-refractivity contribution is 5.68. The zero-order valence-electron chi connectivity index (χ0n) is 13.6. The number of benzene rings is 1. The molecule has 1 atom stereocenters.